The minimum Gasteiger partial charge on any atom is -0.355 e. The van der Waals surface area contributed by atoms with Crippen molar-refractivity contribution in [1.82, 2.24) is 15.5 Å². The number of aliphatic imine (C=N–C) groups is 1. The first-order valence-corrected chi connectivity index (χ1v) is 8.43. The van der Waals surface area contributed by atoms with Gasteiger partial charge in [0.25, 0.3) is 0 Å². The van der Waals surface area contributed by atoms with E-state index in [1.165, 1.54) is 36.9 Å². The highest BCUT2D eigenvalue weighted by molar-refractivity contribution is 14.0. The molecule has 1 fully saturated rings. The number of hydrogen-bond acceptors (Lipinski definition) is 2. The summed E-state index contributed by atoms with van der Waals surface area (Å²) in [5.41, 5.74) is 2.57. The van der Waals surface area contributed by atoms with Crippen LogP contribution in [0.15, 0.2) is 29.3 Å². The van der Waals surface area contributed by atoms with Crippen LogP contribution in [-0.2, 0) is 6.54 Å². The highest BCUT2D eigenvalue weighted by Gasteiger charge is 2.17. The molecule has 1 heterocycles. The number of likely N-dealkylation sites (tertiary alicyclic amines) is 1. The van der Waals surface area contributed by atoms with E-state index in [4.69, 9.17) is 0 Å². The average Bonchev–Trinajstić information content (AvgIpc) is 2.54. The maximum Gasteiger partial charge on any atom is 0.191 e. The van der Waals surface area contributed by atoms with Gasteiger partial charge < -0.3 is 10.6 Å². The molecule has 5 heteroatoms. The Labute approximate surface area is 158 Å². The fourth-order valence-corrected chi connectivity index (χ4v) is 2.92. The quantitative estimate of drug-likeness (QED) is 0.429. The van der Waals surface area contributed by atoms with Crippen LogP contribution in [0.3, 0.4) is 0 Å². The Kier molecular flexibility index (Phi) is 9.55. The molecule has 0 bridgehead atoms. The van der Waals surface area contributed by atoms with Gasteiger partial charge in [0.2, 0.25) is 0 Å². The maximum absolute atomic E-state index is 4.30. The maximum atomic E-state index is 4.30. The molecule has 1 aromatic rings. The van der Waals surface area contributed by atoms with Crippen LogP contribution in [0.4, 0.5) is 0 Å². The second kappa shape index (κ2) is 10.9. The van der Waals surface area contributed by atoms with Gasteiger partial charge >= 0.3 is 0 Å². The molecule has 0 spiro atoms. The zero-order valence-corrected chi connectivity index (χ0v) is 17.0. The summed E-state index contributed by atoms with van der Waals surface area (Å²) in [7, 11) is 1.83. The summed E-state index contributed by atoms with van der Waals surface area (Å²) in [6, 6.07) is 9.32. The Morgan fingerprint density at radius 3 is 2.61 bits per heavy atom. The molecule has 1 aliphatic heterocycles. The highest BCUT2D eigenvalue weighted by atomic mass is 127. The molecule has 130 valence electrons. The number of rotatable bonds is 5. The molecule has 1 saturated heterocycles. The van der Waals surface area contributed by atoms with Gasteiger partial charge in [-0.3, -0.25) is 9.89 Å². The van der Waals surface area contributed by atoms with Crippen LogP contribution in [0.1, 0.15) is 37.3 Å². The second-order valence-corrected chi connectivity index (χ2v) is 6.22. The van der Waals surface area contributed by atoms with Gasteiger partial charge in [0.15, 0.2) is 5.96 Å². The Bertz CT molecular complexity index is 472. The lowest BCUT2D eigenvalue weighted by molar-refractivity contribution is 0.163. The highest BCUT2D eigenvalue weighted by Crippen LogP contribution is 2.15. The normalized spacial score (nSPS) is 19.1. The van der Waals surface area contributed by atoms with Crippen molar-refractivity contribution in [3.8, 4) is 0 Å². The lowest BCUT2D eigenvalue weighted by atomic mass is 10.0. The molecule has 0 aliphatic carbocycles. The third-order valence-electron chi connectivity index (χ3n) is 4.44. The van der Waals surface area contributed by atoms with E-state index in [9.17, 15) is 0 Å². The summed E-state index contributed by atoms with van der Waals surface area (Å²) in [6.07, 6.45) is 4.05. The number of halogens is 1. The summed E-state index contributed by atoms with van der Waals surface area (Å²) in [6.45, 7) is 8.52. The Morgan fingerprint density at radius 1 is 1.22 bits per heavy atom. The summed E-state index contributed by atoms with van der Waals surface area (Å²) >= 11 is 0. The molecule has 0 aromatic heterocycles. The van der Waals surface area contributed by atoms with Gasteiger partial charge in [0.1, 0.15) is 0 Å². The summed E-state index contributed by atoms with van der Waals surface area (Å²) < 4.78 is 0. The molecule has 0 radical (unpaired) electrons. The number of nitrogens with zero attached hydrogens (tertiary/aromatic N) is 2. The largest absolute Gasteiger partial charge is 0.355 e. The van der Waals surface area contributed by atoms with E-state index < -0.39 is 0 Å². The topological polar surface area (TPSA) is 39.7 Å². The van der Waals surface area contributed by atoms with E-state index >= 15 is 0 Å². The zero-order chi connectivity index (χ0) is 15.8. The first kappa shape index (κ1) is 20.2. The monoisotopic (exact) mass is 430 g/mol. The fourth-order valence-electron chi connectivity index (χ4n) is 2.92. The Hall–Kier alpha value is -0.820. The number of benzene rings is 1. The smallest absolute Gasteiger partial charge is 0.191 e. The van der Waals surface area contributed by atoms with Crippen LogP contribution in [0, 0.1) is 6.92 Å². The van der Waals surface area contributed by atoms with Gasteiger partial charge in [-0.05, 0) is 38.8 Å². The average molecular weight is 430 g/mol. The van der Waals surface area contributed by atoms with Gasteiger partial charge in [-0.1, -0.05) is 36.2 Å². The predicted molar refractivity (Wildman–Crippen MR) is 110 cm³/mol. The van der Waals surface area contributed by atoms with Crippen LogP contribution in [0.5, 0.6) is 0 Å². The SMILES string of the molecule is CN=C(NCCN1CCCCC1C)NCc1ccc(C)cc1.I. The molecule has 1 aromatic carbocycles. The predicted octanol–water partition coefficient (Wildman–Crippen LogP) is 3.15. The molecule has 0 saturated carbocycles. The van der Waals surface area contributed by atoms with E-state index in [0.29, 0.717) is 0 Å². The molecule has 4 nitrogen and oxygen atoms in total. The van der Waals surface area contributed by atoms with Gasteiger partial charge in [-0.2, -0.15) is 0 Å². The van der Waals surface area contributed by atoms with E-state index in [-0.39, 0.29) is 24.0 Å². The van der Waals surface area contributed by atoms with Crippen molar-refractivity contribution in [3.05, 3.63) is 35.4 Å². The zero-order valence-electron chi connectivity index (χ0n) is 14.6. The van der Waals surface area contributed by atoms with E-state index in [1.807, 2.05) is 7.05 Å². The number of hydrogen-bond donors (Lipinski definition) is 2. The number of aryl methyl sites for hydroxylation is 1. The van der Waals surface area contributed by atoms with Crippen molar-refractivity contribution in [2.45, 2.75) is 45.7 Å². The van der Waals surface area contributed by atoms with Gasteiger partial charge in [-0.25, -0.2) is 0 Å². The third kappa shape index (κ3) is 7.08. The van der Waals surface area contributed by atoms with Crippen LogP contribution >= 0.6 is 24.0 Å². The Morgan fingerprint density at radius 2 is 1.96 bits per heavy atom. The van der Waals surface area contributed by atoms with E-state index in [0.717, 1.165) is 31.6 Å². The summed E-state index contributed by atoms with van der Waals surface area (Å²) in [4.78, 5) is 6.87. The van der Waals surface area contributed by atoms with Crippen molar-refractivity contribution >= 4 is 29.9 Å². The Balaban J connectivity index is 0.00000264. The number of nitrogens with one attached hydrogen (secondary N) is 2. The molecule has 1 unspecified atom stereocenters. The fraction of sp³-hybridized carbons (Fsp3) is 0.611. The molecule has 23 heavy (non-hydrogen) atoms. The van der Waals surface area contributed by atoms with Crippen LogP contribution in [0.2, 0.25) is 0 Å². The van der Waals surface area contributed by atoms with Crippen LogP contribution in [-0.4, -0.2) is 43.6 Å². The lowest BCUT2D eigenvalue weighted by Gasteiger charge is -2.33. The molecule has 2 rings (SSSR count). The molecule has 1 aliphatic rings. The van der Waals surface area contributed by atoms with Gasteiger partial charge in [0, 0.05) is 32.7 Å². The summed E-state index contributed by atoms with van der Waals surface area (Å²) in [5.74, 6) is 0.880. The van der Waals surface area contributed by atoms with Gasteiger partial charge in [-0.15, -0.1) is 24.0 Å². The van der Waals surface area contributed by atoms with Crippen molar-refractivity contribution in [3.63, 3.8) is 0 Å². The number of piperidine rings is 1. The minimum atomic E-state index is 0. The third-order valence-corrected chi connectivity index (χ3v) is 4.44. The van der Waals surface area contributed by atoms with Crippen molar-refractivity contribution in [1.29, 1.82) is 0 Å². The van der Waals surface area contributed by atoms with Crippen LogP contribution < -0.4 is 10.6 Å². The van der Waals surface area contributed by atoms with Gasteiger partial charge in [0.05, 0.1) is 0 Å². The van der Waals surface area contributed by atoms with Crippen molar-refractivity contribution in [2.75, 3.05) is 26.7 Å². The first-order chi connectivity index (χ1) is 10.7. The van der Waals surface area contributed by atoms with Crippen molar-refractivity contribution in [2.24, 2.45) is 4.99 Å². The molecular formula is C18H31IN4. The standard InChI is InChI=1S/C18H30N4.HI/c1-15-7-9-17(10-8-15)14-21-18(19-3)20-11-13-22-12-5-4-6-16(22)2;/h7-10,16H,4-6,11-14H2,1-3H3,(H2,19,20,21);1H. The number of guanidine groups is 1. The van der Waals surface area contributed by atoms with E-state index in [1.54, 1.807) is 0 Å². The minimum absolute atomic E-state index is 0. The molecule has 1 atom stereocenters. The molecule has 2 N–H and O–H groups in total. The first-order valence-electron chi connectivity index (χ1n) is 8.43. The second-order valence-electron chi connectivity index (χ2n) is 6.22. The summed E-state index contributed by atoms with van der Waals surface area (Å²) in [5, 5.41) is 6.79. The molecule has 0 amide bonds. The molecular weight excluding hydrogens is 399 g/mol. The lowest BCUT2D eigenvalue weighted by Crippen LogP contribution is -2.45. The van der Waals surface area contributed by atoms with Crippen molar-refractivity contribution < 1.29 is 0 Å². The van der Waals surface area contributed by atoms with E-state index in [2.05, 4.69) is 58.6 Å². The van der Waals surface area contributed by atoms with Crippen LogP contribution in [0.25, 0.3) is 0 Å².